The van der Waals surface area contributed by atoms with Gasteiger partial charge in [0.1, 0.15) is 24.4 Å². The van der Waals surface area contributed by atoms with Crippen LogP contribution in [0.15, 0.2) is 12.2 Å². The number of ether oxygens (including phenoxy) is 2. The number of unbranched alkanes of at least 4 members (excludes halogenated alkanes) is 6. The third-order valence-corrected chi connectivity index (χ3v) is 4.30. The molecule has 1 rings (SSSR count). The van der Waals surface area contributed by atoms with Gasteiger partial charge < -0.3 is 29.9 Å². The molecule has 1 fully saturated rings. The van der Waals surface area contributed by atoms with Gasteiger partial charge in [-0.3, -0.25) is 0 Å². The summed E-state index contributed by atoms with van der Waals surface area (Å²) in [4.78, 5) is 0. The maximum atomic E-state index is 9.84. The van der Waals surface area contributed by atoms with E-state index < -0.39 is 37.3 Å². The Kier molecular flexibility index (Phi) is 11.5. The van der Waals surface area contributed by atoms with Crippen LogP contribution in [0, 0.1) is 0 Å². The average molecular weight is 346 g/mol. The molecular weight excluding hydrogens is 312 g/mol. The first-order valence-corrected chi connectivity index (χ1v) is 9.19. The summed E-state index contributed by atoms with van der Waals surface area (Å²) in [5, 5.41) is 38.3. The molecular formula is C18H34O6. The largest absolute Gasteiger partial charge is 0.394 e. The van der Waals surface area contributed by atoms with Crippen LogP contribution in [0.5, 0.6) is 0 Å². The molecule has 4 N–H and O–H groups in total. The fourth-order valence-corrected chi connectivity index (χ4v) is 2.76. The van der Waals surface area contributed by atoms with Crippen molar-refractivity contribution < 1.29 is 29.9 Å². The van der Waals surface area contributed by atoms with E-state index in [4.69, 9.17) is 14.6 Å². The van der Waals surface area contributed by atoms with Gasteiger partial charge in [-0.2, -0.15) is 0 Å². The second kappa shape index (κ2) is 12.8. The Morgan fingerprint density at radius 2 is 1.54 bits per heavy atom. The summed E-state index contributed by atoms with van der Waals surface area (Å²) in [6.45, 7) is 2.13. The molecule has 0 aromatic rings. The minimum absolute atomic E-state index is 0.419. The van der Waals surface area contributed by atoms with E-state index in [1.54, 1.807) is 0 Å². The van der Waals surface area contributed by atoms with Crippen LogP contribution in [0.4, 0.5) is 0 Å². The van der Waals surface area contributed by atoms with E-state index in [1.165, 1.54) is 19.3 Å². The number of aliphatic hydroxyl groups excluding tert-OH is 4. The van der Waals surface area contributed by atoms with Crippen molar-refractivity contribution in [3.8, 4) is 0 Å². The van der Waals surface area contributed by atoms with E-state index >= 15 is 0 Å². The minimum Gasteiger partial charge on any atom is -0.394 e. The maximum Gasteiger partial charge on any atom is 0.186 e. The molecule has 0 aromatic carbocycles. The molecule has 1 saturated heterocycles. The van der Waals surface area contributed by atoms with Crippen LogP contribution in [-0.2, 0) is 9.47 Å². The summed E-state index contributed by atoms with van der Waals surface area (Å²) in [6.07, 6.45) is 7.51. The van der Waals surface area contributed by atoms with Crippen molar-refractivity contribution in [3.05, 3.63) is 12.2 Å². The molecule has 0 aliphatic carbocycles. The number of allylic oxidation sites excluding steroid dienone is 2. The zero-order chi connectivity index (χ0) is 17.8. The highest BCUT2D eigenvalue weighted by molar-refractivity contribution is 4.88. The molecule has 1 aliphatic rings. The van der Waals surface area contributed by atoms with Crippen molar-refractivity contribution in [1.82, 2.24) is 0 Å². The molecule has 6 nitrogen and oxygen atoms in total. The first kappa shape index (κ1) is 21.5. The number of hydrogen-bond acceptors (Lipinski definition) is 6. The van der Waals surface area contributed by atoms with Gasteiger partial charge in [0.05, 0.1) is 6.61 Å². The SMILES string of the molecule is CCC=CCCCCCCCCOC1OC(CO)C(O)C(O)C1O. The topological polar surface area (TPSA) is 99.4 Å². The van der Waals surface area contributed by atoms with E-state index in [0.717, 1.165) is 32.1 Å². The number of aliphatic hydroxyl groups is 4. The van der Waals surface area contributed by atoms with E-state index in [2.05, 4.69) is 19.1 Å². The highest BCUT2D eigenvalue weighted by Crippen LogP contribution is 2.22. The highest BCUT2D eigenvalue weighted by atomic mass is 16.7. The van der Waals surface area contributed by atoms with Gasteiger partial charge in [0.25, 0.3) is 0 Å². The van der Waals surface area contributed by atoms with Crippen LogP contribution in [0.25, 0.3) is 0 Å². The van der Waals surface area contributed by atoms with Crippen LogP contribution >= 0.6 is 0 Å². The van der Waals surface area contributed by atoms with Crippen LogP contribution in [-0.4, -0.2) is 64.3 Å². The Morgan fingerprint density at radius 3 is 2.21 bits per heavy atom. The summed E-state index contributed by atoms with van der Waals surface area (Å²) >= 11 is 0. The fraction of sp³-hybridized carbons (Fsp3) is 0.889. The first-order chi connectivity index (χ1) is 11.6. The highest BCUT2D eigenvalue weighted by Gasteiger charge is 2.43. The molecule has 24 heavy (non-hydrogen) atoms. The van der Waals surface area contributed by atoms with Crippen molar-refractivity contribution in [3.63, 3.8) is 0 Å². The zero-order valence-electron chi connectivity index (χ0n) is 14.7. The monoisotopic (exact) mass is 346 g/mol. The van der Waals surface area contributed by atoms with Crippen molar-refractivity contribution in [1.29, 1.82) is 0 Å². The molecule has 5 unspecified atom stereocenters. The van der Waals surface area contributed by atoms with Gasteiger partial charge in [0.15, 0.2) is 6.29 Å². The molecule has 1 heterocycles. The lowest BCUT2D eigenvalue weighted by Crippen LogP contribution is -2.59. The minimum atomic E-state index is -1.37. The van der Waals surface area contributed by atoms with Gasteiger partial charge in [0.2, 0.25) is 0 Å². The van der Waals surface area contributed by atoms with Crippen LogP contribution < -0.4 is 0 Å². The van der Waals surface area contributed by atoms with Gasteiger partial charge in [-0.25, -0.2) is 0 Å². The van der Waals surface area contributed by atoms with Gasteiger partial charge in [-0.1, -0.05) is 44.8 Å². The smallest absolute Gasteiger partial charge is 0.186 e. The van der Waals surface area contributed by atoms with Crippen LogP contribution in [0.1, 0.15) is 58.3 Å². The summed E-state index contributed by atoms with van der Waals surface area (Å²) in [5.41, 5.74) is 0. The Hall–Kier alpha value is -0.500. The van der Waals surface area contributed by atoms with Crippen molar-refractivity contribution >= 4 is 0 Å². The van der Waals surface area contributed by atoms with Crippen molar-refractivity contribution in [2.24, 2.45) is 0 Å². The molecule has 0 amide bonds. The lowest BCUT2D eigenvalue weighted by molar-refractivity contribution is -0.301. The molecule has 0 bridgehead atoms. The van der Waals surface area contributed by atoms with Gasteiger partial charge in [-0.05, 0) is 25.7 Å². The molecule has 1 aliphatic heterocycles. The summed E-state index contributed by atoms with van der Waals surface area (Å²) in [6, 6.07) is 0. The Bertz CT molecular complexity index is 333. The fourth-order valence-electron chi connectivity index (χ4n) is 2.76. The summed E-state index contributed by atoms with van der Waals surface area (Å²) in [5.74, 6) is 0. The lowest BCUT2D eigenvalue weighted by Gasteiger charge is -2.39. The quantitative estimate of drug-likeness (QED) is 0.316. The normalized spacial score (nSPS) is 31.0. The molecule has 142 valence electrons. The molecule has 0 radical (unpaired) electrons. The van der Waals surface area contributed by atoms with Crippen LogP contribution in [0.2, 0.25) is 0 Å². The van der Waals surface area contributed by atoms with E-state index in [9.17, 15) is 15.3 Å². The van der Waals surface area contributed by atoms with Crippen molar-refractivity contribution in [2.45, 2.75) is 89.0 Å². The zero-order valence-corrected chi connectivity index (χ0v) is 14.7. The summed E-state index contributed by atoms with van der Waals surface area (Å²) < 4.78 is 10.7. The van der Waals surface area contributed by atoms with E-state index in [1.807, 2.05) is 0 Å². The first-order valence-electron chi connectivity index (χ1n) is 9.19. The van der Waals surface area contributed by atoms with Gasteiger partial charge in [-0.15, -0.1) is 0 Å². The number of rotatable bonds is 12. The molecule has 0 saturated carbocycles. The molecule has 0 spiro atoms. The van der Waals surface area contributed by atoms with Gasteiger partial charge in [0, 0.05) is 6.61 Å². The van der Waals surface area contributed by atoms with Gasteiger partial charge >= 0.3 is 0 Å². The molecule has 5 atom stereocenters. The predicted molar refractivity (Wildman–Crippen MR) is 91.5 cm³/mol. The summed E-state index contributed by atoms with van der Waals surface area (Å²) in [7, 11) is 0. The second-order valence-corrected chi connectivity index (χ2v) is 6.36. The third kappa shape index (κ3) is 7.59. The second-order valence-electron chi connectivity index (χ2n) is 6.36. The van der Waals surface area contributed by atoms with Crippen LogP contribution in [0.3, 0.4) is 0 Å². The van der Waals surface area contributed by atoms with Crippen molar-refractivity contribution in [2.75, 3.05) is 13.2 Å². The number of hydrogen-bond donors (Lipinski definition) is 4. The standard InChI is InChI=1S/C18H34O6/c1-2-3-4-5-6-7-8-9-10-11-12-23-18-17(22)16(21)15(20)14(13-19)24-18/h3-4,14-22H,2,5-13H2,1H3. The lowest BCUT2D eigenvalue weighted by atomic mass is 9.99. The van der Waals surface area contributed by atoms with E-state index in [-0.39, 0.29) is 0 Å². The predicted octanol–water partition coefficient (Wildman–Crippen LogP) is 1.50. The molecule has 0 aromatic heterocycles. The van der Waals surface area contributed by atoms with E-state index in [0.29, 0.717) is 6.61 Å². The maximum absolute atomic E-state index is 9.84. The average Bonchev–Trinajstić information content (AvgIpc) is 2.59. The Labute approximate surface area is 145 Å². The third-order valence-electron chi connectivity index (χ3n) is 4.30. The Morgan fingerprint density at radius 1 is 0.875 bits per heavy atom. The molecule has 6 heteroatoms. The Balaban J connectivity index is 2.05.